The van der Waals surface area contributed by atoms with Crippen LogP contribution in [0.5, 0.6) is 0 Å². The highest BCUT2D eigenvalue weighted by Crippen LogP contribution is 2.03. The van der Waals surface area contributed by atoms with Gasteiger partial charge in [-0.25, -0.2) is 4.39 Å². The summed E-state index contributed by atoms with van der Waals surface area (Å²) in [7, 11) is 3.22. The first-order chi connectivity index (χ1) is 4.18. The molecule has 0 aliphatic rings. The van der Waals surface area contributed by atoms with E-state index in [-0.39, 0.29) is 5.82 Å². The molecule has 0 bridgehead atoms. The highest BCUT2D eigenvalue weighted by atomic mass is 127. The van der Waals surface area contributed by atoms with Gasteiger partial charge in [0, 0.05) is 3.57 Å². The van der Waals surface area contributed by atoms with Crippen molar-refractivity contribution in [1.29, 1.82) is 0 Å². The standard InChI is InChI=1S/C6H3FISi/c7-4-1-5(8)3-6(9)2-4/h1-3H. The number of hydrogen-bond donors (Lipinski definition) is 0. The molecule has 0 spiro atoms. The van der Waals surface area contributed by atoms with Crippen LogP contribution < -0.4 is 5.19 Å². The van der Waals surface area contributed by atoms with Gasteiger partial charge in [-0.15, -0.1) is 0 Å². The van der Waals surface area contributed by atoms with E-state index in [2.05, 4.69) is 32.8 Å². The normalized spacial score (nSPS) is 9.67. The Hall–Kier alpha value is 0.0969. The SMILES string of the molecule is Fc1cc([Si])cc(I)c1. The fourth-order valence-electron chi connectivity index (χ4n) is 0.554. The first kappa shape index (κ1) is 7.21. The molecule has 1 aromatic rings. The van der Waals surface area contributed by atoms with Gasteiger partial charge in [-0.05, 0) is 34.7 Å². The summed E-state index contributed by atoms with van der Waals surface area (Å²) in [6, 6.07) is 4.75. The largest absolute Gasteiger partial charge is 0.207 e. The molecule has 0 atom stereocenters. The third-order valence-electron chi connectivity index (χ3n) is 0.863. The molecule has 0 aromatic heterocycles. The van der Waals surface area contributed by atoms with E-state index in [1.165, 1.54) is 12.1 Å². The summed E-state index contributed by atoms with van der Waals surface area (Å²) < 4.78 is 13.3. The molecule has 3 heteroatoms. The molecule has 1 aromatic carbocycles. The lowest BCUT2D eigenvalue weighted by Crippen LogP contribution is -2.02. The summed E-state index contributed by atoms with van der Waals surface area (Å²) in [5, 5.41) is 0.777. The zero-order valence-corrected chi connectivity index (χ0v) is 7.65. The molecule has 0 amide bonds. The van der Waals surface area contributed by atoms with Crippen molar-refractivity contribution in [2.24, 2.45) is 0 Å². The first-order valence-corrected chi connectivity index (χ1v) is 3.94. The fourth-order valence-corrected chi connectivity index (χ4v) is 1.77. The third-order valence-corrected chi connectivity index (χ3v) is 1.77. The van der Waals surface area contributed by atoms with Crippen LogP contribution in [-0.4, -0.2) is 10.2 Å². The van der Waals surface area contributed by atoms with E-state index < -0.39 is 0 Å². The van der Waals surface area contributed by atoms with Gasteiger partial charge in [0.25, 0.3) is 0 Å². The topological polar surface area (TPSA) is 0 Å². The Morgan fingerprint density at radius 1 is 1.33 bits per heavy atom. The lowest BCUT2D eigenvalue weighted by molar-refractivity contribution is 0.628. The number of halogens is 2. The molecule has 9 heavy (non-hydrogen) atoms. The molecular weight excluding hydrogens is 246 g/mol. The maximum absolute atomic E-state index is 12.4. The second-order valence-electron chi connectivity index (χ2n) is 1.66. The maximum atomic E-state index is 12.4. The smallest absolute Gasteiger partial charge is 0.124 e. The molecule has 0 nitrogen and oxygen atoms in total. The van der Waals surface area contributed by atoms with Crippen molar-refractivity contribution in [3.63, 3.8) is 0 Å². The summed E-state index contributed by atoms with van der Waals surface area (Å²) in [5.41, 5.74) is 0. The second-order valence-corrected chi connectivity index (χ2v) is 3.48. The molecule has 0 unspecified atom stereocenters. The van der Waals surface area contributed by atoms with E-state index in [0.29, 0.717) is 0 Å². The van der Waals surface area contributed by atoms with Crippen molar-refractivity contribution in [3.8, 4) is 0 Å². The predicted octanol–water partition coefficient (Wildman–Crippen LogP) is 1.22. The van der Waals surface area contributed by atoms with Crippen molar-refractivity contribution in [3.05, 3.63) is 27.6 Å². The average Bonchev–Trinajstić information content (AvgIpc) is 1.59. The number of rotatable bonds is 0. The Bertz CT molecular complexity index is 174. The molecule has 45 valence electrons. The molecule has 1 rings (SSSR count). The van der Waals surface area contributed by atoms with Crippen molar-refractivity contribution in [1.82, 2.24) is 0 Å². The molecular formula is C6H3FISi. The maximum Gasteiger partial charge on any atom is 0.124 e. The van der Waals surface area contributed by atoms with Crippen molar-refractivity contribution in [2.75, 3.05) is 0 Å². The summed E-state index contributed by atoms with van der Waals surface area (Å²) in [4.78, 5) is 0. The Labute approximate surface area is 70.0 Å². The second kappa shape index (κ2) is 2.79. The quantitative estimate of drug-likeness (QED) is 0.479. The van der Waals surface area contributed by atoms with Crippen molar-refractivity contribution >= 4 is 38.0 Å². The molecule has 0 heterocycles. The van der Waals surface area contributed by atoms with Crippen LogP contribution in [0.1, 0.15) is 0 Å². The van der Waals surface area contributed by atoms with Gasteiger partial charge in [0.2, 0.25) is 0 Å². The van der Waals surface area contributed by atoms with Crippen LogP contribution in [0.25, 0.3) is 0 Å². The van der Waals surface area contributed by atoms with Gasteiger partial charge in [0.05, 0.1) is 10.2 Å². The lowest BCUT2D eigenvalue weighted by atomic mass is 10.3. The first-order valence-electron chi connectivity index (χ1n) is 2.36. The summed E-state index contributed by atoms with van der Waals surface area (Å²) in [6.45, 7) is 0. The number of benzene rings is 1. The van der Waals surface area contributed by atoms with E-state index in [0.717, 1.165) is 8.76 Å². The minimum atomic E-state index is -0.202. The van der Waals surface area contributed by atoms with E-state index in [1.807, 2.05) is 6.07 Å². The van der Waals surface area contributed by atoms with Crippen molar-refractivity contribution < 1.29 is 4.39 Å². The van der Waals surface area contributed by atoms with Crippen LogP contribution in [0.3, 0.4) is 0 Å². The van der Waals surface area contributed by atoms with Crippen molar-refractivity contribution in [2.45, 2.75) is 0 Å². The van der Waals surface area contributed by atoms with Crippen LogP contribution in [-0.2, 0) is 0 Å². The molecule has 0 aliphatic heterocycles. The minimum absolute atomic E-state index is 0.202. The van der Waals surface area contributed by atoms with E-state index >= 15 is 0 Å². The highest BCUT2D eigenvalue weighted by Gasteiger charge is 1.92. The van der Waals surface area contributed by atoms with Crippen LogP contribution in [0.15, 0.2) is 18.2 Å². The lowest BCUT2D eigenvalue weighted by Gasteiger charge is -1.92. The molecule has 0 N–H and O–H groups in total. The third kappa shape index (κ3) is 2.06. The van der Waals surface area contributed by atoms with Gasteiger partial charge < -0.3 is 0 Å². The average molecular weight is 249 g/mol. The summed E-state index contributed by atoms with van der Waals surface area (Å²) in [5.74, 6) is -0.202. The zero-order chi connectivity index (χ0) is 6.85. The van der Waals surface area contributed by atoms with Gasteiger partial charge in [-0.1, -0.05) is 11.3 Å². The monoisotopic (exact) mass is 249 g/mol. The van der Waals surface area contributed by atoms with Gasteiger partial charge in [0.15, 0.2) is 0 Å². The Morgan fingerprint density at radius 2 is 2.00 bits per heavy atom. The van der Waals surface area contributed by atoms with Crippen LogP contribution in [0, 0.1) is 9.39 Å². The Balaban J connectivity index is 3.17. The van der Waals surface area contributed by atoms with Crippen LogP contribution >= 0.6 is 22.6 Å². The van der Waals surface area contributed by atoms with Gasteiger partial charge in [0.1, 0.15) is 5.82 Å². The fraction of sp³-hybridized carbons (Fsp3) is 0. The molecule has 0 saturated carbocycles. The minimum Gasteiger partial charge on any atom is -0.207 e. The van der Waals surface area contributed by atoms with Gasteiger partial charge >= 0.3 is 0 Å². The van der Waals surface area contributed by atoms with Crippen LogP contribution in [0.4, 0.5) is 4.39 Å². The van der Waals surface area contributed by atoms with E-state index in [9.17, 15) is 4.39 Å². The van der Waals surface area contributed by atoms with Gasteiger partial charge in [-0.3, -0.25) is 0 Å². The Kier molecular flexibility index (Phi) is 2.23. The molecule has 0 fully saturated rings. The predicted molar refractivity (Wildman–Crippen MR) is 44.5 cm³/mol. The van der Waals surface area contributed by atoms with E-state index in [1.54, 1.807) is 0 Å². The molecule has 0 saturated heterocycles. The highest BCUT2D eigenvalue weighted by molar-refractivity contribution is 14.1. The summed E-state index contributed by atoms with van der Waals surface area (Å²) in [6.07, 6.45) is 0. The van der Waals surface area contributed by atoms with E-state index in [4.69, 9.17) is 0 Å². The molecule has 3 radical (unpaired) electrons. The van der Waals surface area contributed by atoms with Gasteiger partial charge in [-0.2, -0.15) is 0 Å². The molecule has 0 aliphatic carbocycles. The number of hydrogen-bond acceptors (Lipinski definition) is 0. The van der Waals surface area contributed by atoms with Crippen LogP contribution in [0.2, 0.25) is 0 Å². The summed E-state index contributed by atoms with van der Waals surface area (Å²) >= 11 is 2.06. The Morgan fingerprint density at radius 3 is 2.44 bits per heavy atom. The zero-order valence-electron chi connectivity index (χ0n) is 4.49.